The minimum atomic E-state index is -4.38. The molecule has 0 bridgehead atoms. The highest BCUT2D eigenvalue weighted by molar-refractivity contribution is 8.00. The number of carbonyl (C=O) groups is 1. The molecule has 0 aromatic heterocycles. The van der Waals surface area contributed by atoms with Gasteiger partial charge in [0.1, 0.15) is 0 Å². The molecule has 1 aromatic rings. The van der Waals surface area contributed by atoms with Crippen LogP contribution in [0.15, 0.2) is 29.2 Å². The molecule has 0 aliphatic heterocycles. The van der Waals surface area contributed by atoms with E-state index in [-0.39, 0.29) is 48.2 Å². The van der Waals surface area contributed by atoms with Gasteiger partial charge in [-0.15, -0.1) is 0 Å². The second-order valence-corrected chi connectivity index (χ2v) is 5.32. The number of alkyl halides is 3. The Balaban J connectivity index is 2.81. The first-order chi connectivity index (χ1) is 10.4. The summed E-state index contributed by atoms with van der Waals surface area (Å²) in [6.07, 6.45) is 0.248. The van der Waals surface area contributed by atoms with E-state index in [1.54, 1.807) is 0 Å². The van der Waals surface area contributed by atoms with Gasteiger partial charge in [0.25, 0.3) is 5.91 Å². The van der Waals surface area contributed by atoms with E-state index in [0.29, 0.717) is 0 Å². The number of nitrogens with zero attached hydrogens (tertiary/aromatic N) is 3. The normalized spacial score (nSPS) is 10.6. The van der Waals surface area contributed by atoms with Crippen LogP contribution in [0.3, 0.4) is 0 Å². The lowest BCUT2D eigenvalue weighted by molar-refractivity contribution is -0.0328. The number of thioether (sulfide) groups is 1. The Hall–Kier alpha value is -2.19. The summed E-state index contributed by atoms with van der Waals surface area (Å²) in [4.78, 5) is 13.6. The Kier molecular flexibility index (Phi) is 6.74. The smallest absolute Gasteiger partial charge is 0.337 e. The Morgan fingerprint density at radius 1 is 1.09 bits per heavy atom. The van der Waals surface area contributed by atoms with Crippen molar-refractivity contribution < 1.29 is 18.0 Å². The molecular formula is C14H12F3N3OS. The number of nitriles is 2. The summed E-state index contributed by atoms with van der Waals surface area (Å²) in [5, 5.41) is 17.2. The lowest BCUT2D eigenvalue weighted by atomic mass is 10.2. The summed E-state index contributed by atoms with van der Waals surface area (Å²) < 4.78 is 36.7. The molecule has 22 heavy (non-hydrogen) atoms. The van der Waals surface area contributed by atoms with Gasteiger partial charge in [0, 0.05) is 23.5 Å². The number of benzene rings is 1. The maximum absolute atomic E-state index is 12.2. The van der Waals surface area contributed by atoms with Gasteiger partial charge in [0.15, 0.2) is 0 Å². The molecule has 0 unspecified atom stereocenters. The van der Waals surface area contributed by atoms with E-state index in [0.717, 1.165) is 0 Å². The zero-order valence-electron chi connectivity index (χ0n) is 11.4. The van der Waals surface area contributed by atoms with Crippen molar-refractivity contribution in [3.05, 3.63) is 29.8 Å². The Labute approximate surface area is 130 Å². The van der Waals surface area contributed by atoms with E-state index in [4.69, 9.17) is 10.5 Å². The van der Waals surface area contributed by atoms with Gasteiger partial charge in [-0.25, -0.2) is 0 Å². The van der Waals surface area contributed by atoms with Gasteiger partial charge in [0.05, 0.1) is 25.0 Å². The second-order valence-electron chi connectivity index (χ2n) is 4.18. The topological polar surface area (TPSA) is 67.9 Å². The molecule has 0 fully saturated rings. The van der Waals surface area contributed by atoms with Crippen LogP contribution in [0, 0.1) is 22.7 Å². The lowest BCUT2D eigenvalue weighted by Crippen LogP contribution is -2.32. The fraction of sp³-hybridized carbons (Fsp3) is 0.357. The van der Waals surface area contributed by atoms with Crippen LogP contribution in [0.25, 0.3) is 0 Å². The molecule has 0 atom stereocenters. The van der Waals surface area contributed by atoms with Gasteiger partial charge in [-0.05, 0) is 36.0 Å². The molecule has 1 rings (SSSR count). The zero-order chi connectivity index (χ0) is 16.6. The van der Waals surface area contributed by atoms with Gasteiger partial charge in [-0.1, -0.05) is 0 Å². The van der Waals surface area contributed by atoms with Crippen molar-refractivity contribution in [3.63, 3.8) is 0 Å². The van der Waals surface area contributed by atoms with E-state index in [1.165, 1.54) is 29.2 Å². The van der Waals surface area contributed by atoms with Gasteiger partial charge < -0.3 is 4.90 Å². The van der Waals surface area contributed by atoms with Crippen molar-refractivity contribution in [1.29, 1.82) is 10.5 Å². The maximum Gasteiger partial charge on any atom is 0.446 e. The van der Waals surface area contributed by atoms with Gasteiger partial charge >= 0.3 is 5.51 Å². The molecule has 1 aromatic carbocycles. The van der Waals surface area contributed by atoms with Crippen LogP contribution >= 0.6 is 11.8 Å². The van der Waals surface area contributed by atoms with E-state index >= 15 is 0 Å². The highest BCUT2D eigenvalue weighted by Gasteiger charge is 2.29. The third-order valence-corrected chi connectivity index (χ3v) is 3.35. The summed E-state index contributed by atoms with van der Waals surface area (Å²) in [7, 11) is 0. The molecule has 0 heterocycles. The molecule has 4 nitrogen and oxygen atoms in total. The first-order valence-electron chi connectivity index (χ1n) is 6.26. The van der Waals surface area contributed by atoms with Crippen LogP contribution in [0.5, 0.6) is 0 Å². The predicted molar refractivity (Wildman–Crippen MR) is 74.7 cm³/mol. The lowest BCUT2D eigenvalue weighted by Gasteiger charge is -2.20. The van der Waals surface area contributed by atoms with Crippen molar-refractivity contribution in [1.82, 2.24) is 4.90 Å². The van der Waals surface area contributed by atoms with E-state index in [9.17, 15) is 18.0 Å². The Morgan fingerprint density at radius 2 is 1.59 bits per heavy atom. The second kappa shape index (κ2) is 8.30. The molecule has 0 spiro atoms. The van der Waals surface area contributed by atoms with Gasteiger partial charge in [-0.3, -0.25) is 4.79 Å². The fourth-order valence-corrected chi connectivity index (χ4v) is 2.21. The highest BCUT2D eigenvalue weighted by atomic mass is 32.2. The van der Waals surface area contributed by atoms with Crippen molar-refractivity contribution in [2.75, 3.05) is 13.1 Å². The minimum Gasteiger partial charge on any atom is -0.337 e. The standard InChI is InChI=1S/C14H12F3N3OS/c15-14(16,17)22-12-5-3-11(4-6-12)13(21)20(9-1-7-18)10-2-8-19/h3-6H,1-2,9-10H2. The fourth-order valence-electron chi connectivity index (χ4n) is 1.67. The first-order valence-corrected chi connectivity index (χ1v) is 7.08. The summed E-state index contributed by atoms with van der Waals surface area (Å²) in [5.41, 5.74) is -4.15. The SMILES string of the molecule is N#CCCN(CCC#N)C(=O)c1ccc(SC(F)(F)F)cc1. The number of hydrogen-bond donors (Lipinski definition) is 0. The van der Waals surface area contributed by atoms with Crippen LogP contribution in [-0.4, -0.2) is 29.4 Å². The molecule has 8 heteroatoms. The summed E-state index contributed by atoms with van der Waals surface area (Å²) in [6, 6.07) is 8.88. The Bertz CT molecular complexity index is 569. The van der Waals surface area contributed by atoms with Crippen molar-refractivity contribution in [2.24, 2.45) is 0 Å². The van der Waals surface area contributed by atoms with E-state index in [2.05, 4.69) is 0 Å². The number of halogens is 3. The number of hydrogen-bond acceptors (Lipinski definition) is 4. The van der Waals surface area contributed by atoms with E-state index in [1.807, 2.05) is 12.1 Å². The third kappa shape index (κ3) is 6.06. The summed E-state index contributed by atoms with van der Waals surface area (Å²) in [6.45, 7) is 0.353. The molecular weight excluding hydrogens is 315 g/mol. The van der Waals surface area contributed by atoms with Crippen molar-refractivity contribution in [3.8, 4) is 12.1 Å². The molecule has 0 radical (unpaired) electrons. The average molecular weight is 327 g/mol. The average Bonchev–Trinajstić information content (AvgIpc) is 2.46. The number of carbonyl (C=O) groups excluding carboxylic acids is 1. The number of amides is 1. The predicted octanol–water partition coefficient (Wildman–Crippen LogP) is 3.57. The van der Waals surface area contributed by atoms with Crippen molar-refractivity contribution in [2.45, 2.75) is 23.2 Å². The van der Waals surface area contributed by atoms with Gasteiger partial charge in [-0.2, -0.15) is 23.7 Å². The molecule has 0 N–H and O–H groups in total. The largest absolute Gasteiger partial charge is 0.446 e. The van der Waals surface area contributed by atoms with Crippen LogP contribution in [0.1, 0.15) is 23.2 Å². The molecule has 0 aliphatic carbocycles. The van der Waals surface area contributed by atoms with Crippen LogP contribution in [0.2, 0.25) is 0 Å². The maximum atomic E-state index is 12.2. The highest BCUT2D eigenvalue weighted by Crippen LogP contribution is 2.36. The van der Waals surface area contributed by atoms with Crippen LogP contribution in [0.4, 0.5) is 13.2 Å². The van der Waals surface area contributed by atoms with Crippen molar-refractivity contribution >= 4 is 17.7 Å². The van der Waals surface area contributed by atoms with E-state index < -0.39 is 11.4 Å². The monoisotopic (exact) mass is 327 g/mol. The molecule has 0 saturated heterocycles. The molecule has 0 saturated carbocycles. The third-order valence-electron chi connectivity index (χ3n) is 2.61. The van der Waals surface area contributed by atoms with Crippen LogP contribution in [-0.2, 0) is 0 Å². The first kappa shape index (κ1) is 17.9. The summed E-state index contributed by atoms with van der Waals surface area (Å²) >= 11 is -0.254. The Morgan fingerprint density at radius 3 is 2.00 bits per heavy atom. The van der Waals surface area contributed by atoms with Gasteiger partial charge in [0.2, 0.25) is 0 Å². The summed E-state index contributed by atoms with van der Waals surface area (Å²) in [5.74, 6) is -0.408. The molecule has 1 amide bonds. The minimum absolute atomic E-state index is 0.00958. The zero-order valence-corrected chi connectivity index (χ0v) is 12.2. The van der Waals surface area contributed by atoms with Crippen LogP contribution < -0.4 is 0 Å². The quantitative estimate of drug-likeness (QED) is 0.749. The molecule has 0 aliphatic rings. The molecule has 116 valence electrons. The number of rotatable bonds is 6.